The molecule has 2 rings (SSSR count). The summed E-state index contributed by atoms with van der Waals surface area (Å²) in [6.07, 6.45) is 2.15. The number of aromatic nitrogens is 2. The van der Waals surface area contributed by atoms with Gasteiger partial charge in [0.25, 0.3) is 5.56 Å². The van der Waals surface area contributed by atoms with E-state index in [1.807, 2.05) is 6.92 Å². The van der Waals surface area contributed by atoms with Crippen LogP contribution in [-0.2, 0) is 16.1 Å². The number of allylic oxidation sites excluding steroid dienone is 1. The lowest BCUT2D eigenvalue weighted by molar-refractivity contribution is -0.115. The Bertz CT molecular complexity index is 940. The van der Waals surface area contributed by atoms with E-state index in [0.717, 1.165) is 11.8 Å². The maximum absolute atomic E-state index is 12.7. The highest BCUT2D eigenvalue weighted by Gasteiger charge is 2.21. The molecule has 0 saturated carbocycles. The zero-order chi connectivity index (χ0) is 21.4. The van der Waals surface area contributed by atoms with Gasteiger partial charge in [0.05, 0.1) is 17.4 Å². The normalized spacial score (nSPS) is 11.5. The minimum absolute atomic E-state index is 0.247. The van der Waals surface area contributed by atoms with Gasteiger partial charge in [-0.1, -0.05) is 24.8 Å². The van der Waals surface area contributed by atoms with Gasteiger partial charge in [-0.2, -0.15) is 4.98 Å². The van der Waals surface area contributed by atoms with Crippen LogP contribution in [0.1, 0.15) is 30.6 Å². The lowest BCUT2D eigenvalue weighted by atomic mass is 10.2. The summed E-state index contributed by atoms with van der Waals surface area (Å²) in [5.41, 5.74) is 6.40. The van der Waals surface area contributed by atoms with Crippen LogP contribution in [0.3, 0.4) is 0 Å². The standard InChI is InChI=1S/C20H24N4O4S/c1-4-11-24-16(21)12-17(25)23-20(24)29-15(5-2)18(26)22-14-9-7-13(8-10-14)19(27)28-6-3/h4,7-10,12,15H,1,5-6,11,21H2,2-3H3,(H,22,26)/t15-/m1/s1. The molecule has 1 atom stereocenters. The number of carbonyl (C=O) groups excluding carboxylic acids is 2. The first kappa shape index (κ1) is 22.2. The van der Waals surface area contributed by atoms with Crippen LogP contribution in [0.2, 0.25) is 0 Å². The molecule has 3 N–H and O–H groups in total. The number of nitrogen functional groups attached to an aromatic ring is 1. The Balaban J connectivity index is 2.14. The molecule has 9 heteroatoms. The minimum atomic E-state index is -0.496. The highest BCUT2D eigenvalue weighted by molar-refractivity contribution is 8.00. The van der Waals surface area contributed by atoms with Gasteiger partial charge in [0.2, 0.25) is 5.91 Å². The van der Waals surface area contributed by atoms with E-state index in [1.165, 1.54) is 6.07 Å². The molecule has 1 heterocycles. The van der Waals surface area contributed by atoms with Gasteiger partial charge in [0.15, 0.2) is 5.16 Å². The van der Waals surface area contributed by atoms with Crippen molar-refractivity contribution >= 4 is 35.1 Å². The molecule has 1 aromatic carbocycles. The predicted molar refractivity (Wildman–Crippen MR) is 114 cm³/mol. The predicted octanol–water partition coefficient (Wildman–Crippen LogP) is 2.70. The number of anilines is 2. The van der Waals surface area contributed by atoms with E-state index in [0.29, 0.717) is 36.0 Å². The van der Waals surface area contributed by atoms with Crippen LogP contribution in [0, 0.1) is 0 Å². The van der Waals surface area contributed by atoms with Gasteiger partial charge < -0.3 is 20.4 Å². The molecule has 1 amide bonds. The molecule has 0 aliphatic rings. The summed E-state index contributed by atoms with van der Waals surface area (Å²) in [6, 6.07) is 7.67. The van der Waals surface area contributed by atoms with Crippen molar-refractivity contribution in [2.24, 2.45) is 0 Å². The molecule has 1 aromatic heterocycles. The van der Waals surface area contributed by atoms with Gasteiger partial charge in [0, 0.05) is 18.3 Å². The Labute approximate surface area is 173 Å². The van der Waals surface area contributed by atoms with Crippen molar-refractivity contribution < 1.29 is 14.3 Å². The van der Waals surface area contributed by atoms with Crippen LogP contribution < -0.4 is 16.6 Å². The van der Waals surface area contributed by atoms with Crippen molar-refractivity contribution in [3.8, 4) is 0 Å². The molecule has 0 radical (unpaired) electrons. The number of amides is 1. The lowest BCUT2D eigenvalue weighted by Crippen LogP contribution is -2.26. The van der Waals surface area contributed by atoms with Crippen LogP contribution in [0.5, 0.6) is 0 Å². The third-order valence-corrected chi connectivity index (χ3v) is 5.26. The van der Waals surface area contributed by atoms with Gasteiger partial charge in [-0.05, 0) is 37.6 Å². The average molecular weight is 417 g/mol. The first-order valence-corrected chi connectivity index (χ1v) is 10.0. The first-order valence-electron chi connectivity index (χ1n) is 9.12. The van der Waals surface area contributed by atoms with Crippen molar-refractivity contribution in [2.75, 3.05) is 17.7 Å². The molecule has 0 saturated heterocycles. The van der Waals surface area contributed by atoms with Crippen LogP contribution in [0.25, 0.3) is 0 Å². The SMILES string of the molecule is C=CCn1c(N)cc(=O)nc1S[C@H](CC)C(=O)Nc1ccc(C(=O)OCC)cc1. The second-order valence-electron chi connectivity index (χ2n) is 6.00. The number of benzene rings is 1. The van der Waals surface area contributed by atoms with Crippen molar-refractivity contribution in [3.63, 3.8) is 0 Å². The van der Waals surface area contributed by atoms with Gasteiger partial charge in [0.1, 0.15) is 5.82 Å². The van der Waals surface area contributed by atoms with E-state index in [2.05, 4.69) is 16.9 Å². The number of thioether (sulfide) groups is 1. The largest absolute Gasteiger partial charge is 0.462 e. The fourth-order valence-corrected chi connectivity index (χ4v) is 3.52. The summed E-state index contributed by atoms with van der Waals surface area (Å²) in [4.78, 5) is 40.2. The number of nitrogens with one attached hydrogen (secondary N) is 1. The quantitative estimate of drug-likeness (QED) is 0.279. The number of carbonyl (C=O) groups is 2. The van der Waals surface area contributed by atoms with Gasteiger partial charge in [-0.25, -0.2) is 4.79 Å². The molecule has 0 bridgehead atoms. The molecule has 0 spiro atoms. The third kappa shape index (κ3) is 5.95. The molecule has 8 nitrogen and oxygen atoms in total. The number of rotatable bonds is 9. The number of ether oxygens (including phenoxy) is 1. The van der Waals surface area contributed by atoms with E-state index in [-0.39, 0.29) is 11.7 Å². The summed E-state index contributed by atoms with van der Waals surface area (Å²) >= 11 is 1.16. The zero-order valence-electron chi connectivity index (χ0n) is 16.4. The highest BCUT2D eigenvalue weighted by atomic mass is 32.2. The van der Waals surface area contributed by atoms with Crippen LogP contribution in [0.15, 0.2) is 52.9 Å². The summed E-state index contributed by atoms with van der Waals surface area (Å²) in [7, 11) is 0. The molecule has 2 aromatic rings. The van der Waals surface area contributed by atoms with Crippen molar-refractivity contribution in [1.82, 2.24) is 9.55 Å². The topological polar surface area (TPSA) is 116 Å². The fourth-order valence-electron chi connectivity index (χ4n) is 2.48. The molecular weight excluding hydrogens is 392 g/mol. The summed E-state index contributed by atoms with van der Waals surface area (Å²) in [5.74, 6) is -0.402. The Morgan fingerprint density at radius 1 is 1.34 bits per heavy atom. The van der Waals surface area contributed by atoms with Gasteiger partial charge in [-0.3, -0.25) is 9.59 Å². The number of nitrogens with two attached hydrogens (primary N) is 1. The van der Waals surface area contributed by atoms with Crippen LogP contribution in [0.4, 0.5) is 11.5 Å². The summed E-state index contributed by atoms with van der Waals surface area (Å²) in [6.45, 7) is 7.94. The van der Waals surface area contributed by atoms with E-state index in [1.54, 1.807) is 41.8 Å². The highest BCUT2D eigenvalue weighted by Crippen LogP contribution is 2.26. The Kier molecular flexibility index (Phi) is 8.02. The van der Waals surface area contributed by atoms with Gasteiger partial charge in [-0.15, -0.1) is 6.58 Å². The molecule has 0 aliphatic carbocycles. The van der Waals surface area contributed by atoms with Crippen molar-refractivity contribution in [2.45, 2.75) is 37.2 Å². The number of hydrogen-bond acceptors (Lipinski definition) is 7. The summed E-state index contributed by atoms with van der Waals surface area (Å²) in [5, 5.41) is 2.67. The molecule has 0 aliphatic heterocycles. The fraction of sp³-hybridized carbons (Fsp3) is 0.300. The Morgan fingerprint density at radius 3 is 2.62 bits per heavy atom. The van der Waals surface area contributed by atoms with Crippen molar-refractivity contribution in [1.29, 1.82) is 0 Å². The minimum Gasteiger partial charge on any atom is -0.462 e. The lowest BCUT2D eigenvalue weighted by Gasteiger charge is -2.18. The van der Waals surface area contributed by atoms with Crippen LogP contribution >= 0.6 is 11.8 Å². The molecule has 154 valence electrons. The Morgan fingerprint density at radius 2 is 2.03 bits per heavy atom. The Hall–Kier alpha value is -3.07. The average Bonchev–Trinajstić information content (AvgIpc) is 2.69. The number of nitrogens with zero attached hydrogens (tertiary/aromatic N) is 2. The zero-order valence-corrected chi connectivity index (χ0v) is 17.2. The number of hydrogen-bond donors (Lipinski definition) is 2. The van der Waals surface area contributed by atoms with E-state index < -0.39 is 16.8 Å². The maximum Gasteiger partial charge on any atom is 0.338 e. The third-order valence-electron chi connectivity index (χ3n) is 3.91. The smallest absolute Gasteiger partial charge is 0.338 e. The van der Waals surface area contributed by atoms with Crippen LogP contribution in [-0.4, -0.2) is 33.3 Å². The van der Waals surface area contributed by atoms with E-state index in [9.17, 15) is 14.4 Å². The number of esters is 1. The summed E-state index contributed by atoms with van der Waals surface area (Å²) < 4.78 is 6.57. The second-order valence-corrected chi connectivity index (χ2v) is 7.17. The molecular formula is C20H24N4O4S. The van der Waals surface area contributed by atoms with E-state index in [4.69, 9.17) is 10.5 Å². The monoisotopic (exact) mass is 416 g/mol. The molecule has 0 fully saturated rings. The maximum atomic E-state index is 12.7. The van der Waals surface area contributed by atoms with Gasteiger partial charge >= 0.3 is 5.97 Å². The van der Waals surface area contributed by atoms with E-state index >= 15 is 0 Å². The molecule has 29 heavy (non-hydrogen) atoms. The second kappa shape index (κ2) is 10.5. The first-order chi connectivity index (χ1) is 13.9. The molecule has 0 unspecified atom stereocenters. The van der Waals surface area contributed by atoms with Crippen molar-refractivity contribution in [3.05, 3.63) is 58.9 Å².